The van der Waals surface area contributed by atoms with Gasteiger partial charge in [0.1, 0.15) is 6.61 Å². The summed E-state index contributed by atoms with van der Waals surface area (Å²) in [6.45, 7) is 0.346. The van der Waals surface area contributed by atoms with Crippen molar-refractivity contribution in [3.8, 4) is 5.75 Å². The molecule has 1 unspecified atom stereocenters. The fourth-order valence-electron chi connectivity index (χ4n) is 3.32. The van der Waals surface area contributed by atoms with Crippen LogP contribution in [0.25, 0.3) is 5.57 Å². The maximum absolute atomic E-state index is 14.5. The maximum Gasteiger partial charge on any atom is 0.178 e. The molecular formula is C22H24FN3O. The third-order valence-electron chi connectivity index (χ3n) is 5.04. The number of halogens is 1. The maximum atomic E-state index is 14.5. The Labute approximate surface area is 159 Å². The van der Waals surface area contributed by atoms with Gasteiger partial charge in [0.25, 0.3) is 0 Å². The van der Waals surface area contributed by atoms with Gasteiger partial charge < -0.3 is 9.64 Å². The normalized spacial score (nSPS) is 19.3. The molecule has 27 heavy (non-hydrogen) atoms. The molecule has 4 nitrogen and oxygen atoms in total. The van der Waals surface area contributed by atoms with Crippen LogP contribution in [0.2, 0.25) is 0 Å². The lowest BCUT2D eigenvalue weighted by molar-refractivity contribution is 0.120. The molecule has 140 valence electrons. The lowest BCUT2D eigenvalue weighted by atomic mass is 10.1. The van der Waals surface area contributed by atoms with Gasteiger partial charge in [0.05, 0.1) is 0 Å². The topological polar surface area (TPSA) is 28.1 Å². The molecule has 1 heterocycles. The predicted octanol–water partition coefficient (Wildman–Crippen LogP) is 4.14. The van der Waals surface area contributed by atoms with E-state index in [9.17, 15) is 4.39 Å². The van der Waals surface area contributed by atoms with E-state index in [2.05, 4.69) is 21.8 Å². The summed E-state index contributed by atoms with van der Waals surface area (Å²) in [4.78, 5) is 9.02. The Morgan fingerprint density at radius 1 is 1.19 bits per heavy atom. The van der Waals surface area contributed by atoms with Gasteiger partial charge in [-0.05, 0) is 43.1 Å². The first-order chi connectivity index (χ1) is 13.1. The van der Waals surface area contributed by atoms with Crippen LogP contribution in [0.1, 0.15) is 24.0 Å². The summed E-state index contributed by atoms with van der Waals surface area (Å²) in [7, 11) is 4.11. The largest absolute Gasteiger partial charge is 0.486 e. The molecule has 1 fully saturated rings. The van der Waals surface area contributed by atoms with E-state index in [1.807, 2.05) is 55.9 Å². The summed E-state index contributed by atoms with van der Waals surface area (Å²) in [5.74, 6) is -0.103. The summed E-state index contributed by atoms with van der Waals surface area (Å²) in [6, 6.07) is 15.4. The van der Waals surface area contributed by atoms with Crippen LogP contribution in [0.5, 0.6) is 5.75 Å². The van der Waals surface area contributed by atoms with Crippen molar-refractivity contribution >= 4 is 11.8 Å². The highest BCUT2D eigenvalue weighted by Crippen LogP contribution is 2.30. The first kappa shape index (κ1) is 17.7. The van der Waals surface area contributed by atoms with E-state index >= 15 is 0 Å². The minimum atomic E-state index is -0.363. The highest BCUT2D eigenvalue weighted by atomic mass is 19.1. The minimum absolute atomic E-state index is 0.0135. The van der Waals surface area contributed by atoms with E-state index < -0.39 is 0 Å². The van der Waals surface area contributed by atoms with Crippen molar-refractivity contribution in [2.45, 2.75) is 31.8 Å². The molecular weight excluding hydrogens is 341 g/mol. The molecule has 0 radical (unpaired) electrons. The average molecular weight is 365 g/mol. The fraction of sp³-hybridized carbons (Fsp3) is 0.318. The van der Waals surface area contributed by atoms with Gasteiger partial charge >= 0.3 is 0 Å². The third kappa shape index (κ3) is 4.03. The summed E-state index contributed by atoms with van der Waals surface area (Å²) < 4.78 is 20.1. The number of allylic oxidation sites excluding steroid dienone is 1. The second-order valence-corrected chi connectivity index (χ2v) is 7.19. The van der Waals surface area contributed by atoms with Gasteiger partial charge in [-0.15, -0.1) is 0 Å². The SMILES string of the molecule is CN1C=C(c2ccc(OCc3ccccc3)c(F)c2)C=NC1N(C)C1CC1. The molecule has 1 aliphatic carbocycles. The zero-order valence-electron chi connectivity index (χ0n) is 15.7. The number of hydrogen-bond donors (Lipinski definition) is 0. The number of benzene rings is 2. The monoisotopic (exact) mass is 365 g/mol. The van der Waals surface area contributed by atoms with Crippen molar-refractivity contribution in [3.63, 3.8) is 0 Å². The number of nitrogens with zero attached hydrogens (tertiary/aromatic N) is 3. The van der Waals surface area contributed by atoms with E-state index in [1.54, 1.807) is 6.07 Å². The average Bonchev–Trinajstić information content (AvgIpc) is 3.52. The van der Waals surface area contributed by atoms with Crippen LogP contribution in [0, 0.1) is 5.82 Å². The van der Waals surface area contributed by atoms with Crippen LogP contribution in [-0.4, -0.2) is 42.4 Å². The van der Waals surface area contributed by atoms with Crippen LogP contribution >= 0.6 is 0 Å². The first-order valence-corrected chi connectivity index (χ1v) is 9.27. The molecule has 4 rings (SSSR count). The molecule has 1 aliphatic heterocycles. The lowest BCUT2D eigenvalue weighted by Gasteiger charge is -2.34. The van der Waals surface area contributed by atoms with Gasteiger partial charge in [0.15, 0.2) is 17.9 Å². The first-order valence-electron chi connectivity index (χ1n) is 9.27. The lowest BCUT2D eigenvalue weighted by Crippen LogP contribution is -2.43. The van der Waals surface area contributed by atoms with Gasteiger partial charge in [0, 0.05) is 31.1 Å². The highest BCUT2D eigenvalue weighted by molar-refractivity contribution is 6.10. The summed E-state index contributed by atoms with van der Waals surface area (Å²) in [5.41, 5.74) is 2.70. The van der Waals surface area contributed by atoms with E-state index in [0.29, 0.717) is 12.6 Å². The quantitative estimate of drug-likeness (QED) is 0.770. The molecule has 0 aromatic heterocycles. The molecule has 1 atom stereocenters. The van der Waals surface area contributed by atoms with Gasteiger partial charge in [0.2, 0.25) is 0 Å². The molecule has 0 N–H and O–H groups in total. The Morgan fingerprint density at radius 3 is 2.63 bits per heavy atom. The van der Waals surface area contributed by atoms with Crippen molar-refractivity contribution in [2.24, 2.45) is 4.99 Å². The van der Waals surface area contributed by atoms with Crippen LogP contribution in [0.4, 0.5) is 4.39 Å². The molecule has 2 aromatic rings. The zero-order chi connectivity index (χ0) is 18.8. The second-order valence-electron chi connectivity index (χ2n) is 7.19. The molecule has 5 heteroatoms. The van der Waals surface area contributed by atoms with Gasteiger partial charge in [-0.25, -0.2) is 4.39 Å². The van der Waals surface area contributed by atoms with E-state index in [1.165, 1.54) is 18.9 Å². The predicted molar refractivity (Wildman–Crippen MR) is 106 cm³/mol. The molecule has 1 saturated carbocycles. The van der Waals surface area contributed by atoms with Crippen molar-refractivity contribution in [1.82, 2.24) is 9.80 Å². The number of rotatable bonds is 6. The molecule has 2 aliphatic rings. The van der Waals surface area contributed by atoms with Crippen molar-refractivity contribution in [1.29, 1.82) is 0 Å². The number of aliphatic imine (C=N–C) groups is 1. The van der Waals surface area contributed by atoms with Crippen LogP contribution in [0.3, 0.4) is 0 Å². The van der Waals surface area contributed by atoms with Crippen molar-refractivity contribution in [3.05, 3.63) is 71.7 Å². The molecule has 0 amide bonds. The molecule has 2 aromatic carbocycles. The van der Waals surface area contributed by atoms with Gasteiger partial charge in [-0.2, -0.15) is 0 Å². The Morgan fingerprint density at radius 2 is 1.96 bits per heavy atom. The molecule has 0 spiro atoms. The third-order valence-corrected chi connectivity index (χ3v) is 5.04. The number of hydrogen-bond acceptors (Lipinski definition) is 4. The van der Waals surface area contributed by atoms with E-state index in [-0.39, 0.29) is 17.9 Å². The Kier molecular flexibility index (Phi) is 4.94. The smallest absolute Gasteiger partial charge is 0.178 e. The Hall–Kier alpha value is -2.66. The Bertz CT molecular complexity index is 861. The van der Waals surface area contributed by atoms with Crippen LogP contribution < -0.4 is 4.74 Å². The molecule has 0 bridgehead atoms. The van der Waals surface area contributed by atoms with Crippen LogP contribution in [0.15, 0.2) is 59.7 Å². The number of ether oxygens (including phenoxy) is 1. The standard InChI is InChI=1S/C22H24FN3O/c1-25-14-18(13-24-22(25)26(2)19-9-10-19)17-8-11-21(20(23)12-17)27-15-16-6-4-3-5-7-16/h3-8,11-14,19,22H,9-10,15H2,1-2H3. The van der Waals surface area contributed by atoms with E-state index in [0.717, 1.165) is 16.7 Å². The highest BCUT2D eigenvalue weighted by Gasteiger charge is 2.33. The summed E-state index contributed by atoms with van der Waals surface area (Å²) in [6.07, 6.45) is 6.35. The zero-order valence-corrected chi connectivity index (χ0v) is 15.7. The fourth-order valence-corrected chi connectivity index (χ4v) is 3.32. The summed E-state index contributed by atoms with van der Waals surface area (Å²) in [5, 5.41) is 0. The van der Waals surface area contributed by atoms with Gasteiger partial charge in [-0.3, -0.25) is 9.89 Å². The van der Waals surface area contributed by atoms with E-state index in [4.69, 9.17) is 4.74 Å². The van der Waals surface area contributed by atoms with Crippen molar-refractivity contribution < 1.29 is 9.13 Å². The summed E-state index contributed by atoms with van der Waals surface area (Å²) >= 11 is 0. The molecule has 0 saturated heterocycles. The second kappa shape index (κ2) is 7.53. The van der Waals surface area contributed by atoms with Crippen molar-refractivity contribution in [2.75, 3.05) is 14.1 Å². The van der Waals surface area contributed by atoms with Crippen LogP contribution in [-0.2, 0) is 6.61 Å². The van der Waals surface area contributed by atoms with Gasteiger partial charge in [-0.1, -0.05) is 36.4 Å². The Balaban J connectivity index is 1.44. The minimum Gasteiger partial charge on any atom is -0.486 e.